The van der Waals surface area contributed by atoms with Crippen LogP contribution in [0, 0.1) is 12.7 Å². The van der Waals surface area contributed by atoms with Crippen molar-refractivity contribution in [2.45, 2.75) is 26.2 Å². The summed E-state index contributed by atoms with van der Waals surface area (Å²) in [6, 6.07) is 4.23. The van der Waals surface area contributed by atoms with E-state index in [9.17, 15) is 14.0 Å². The number of nitrogens with two attached hydrogens (primary N) is 1. The number of hydrogen-bond donors (Lipinski definition) is 2. The zero-order valence-corrected chi connectivity index (χ0v) is 10.3. The molecule has 0 saturated heterocycles. The third-order valence-corrected chi connectivity index (χ3v) is 2.56. The Morgan fingerprint density at radius 3 is 2.67 bits per heavy atom. The highest BCUT2D eigenvalue weighted by molar-refractivity contribution is 5.94. The summed E-state index contributed by atoms with van der Waals surface area (Å²) in [5.74, 6) is -0.902. The molecule has 1 rings (SSSR count). The zero-order chi connectivity index (χ0) is 13.5. The Balaban J connectivity index is 2.36. The summed E-state index contributed by atoms with van der Waals surface area (Å²) in [6.07, 6.45) is 1.67. The smallest absolute Gasteiger partial charge is 0.251 e. The third-order valence-electron chi connectivity index (χ3n) is 2.56. The Kier molecular flexibility index (Phi) is 5.30. The highest BCUT2D eigenvalue weighted by atomic mass is 19.1. The first-order valence-corrected chi connectivity index (χ1v) is 5.83. The molecule has 4 nitrogen and oxygen atoms in total. The van der Waals surface area contributed by atoms with Gasteiger partial charge in [-0.25, -0.2) is 4.39 Å². The molecule has 0 spiro atoms. The molecule has 0 saturated carbocycles. The van der Waals surface area contributed by atoms with E-state index in [2.05, 4.69) is 5.32 Å². The van der Waals surface area contributed by atoms with Gasteiger partial charge >= 0.3 is 0 Å². The number of carbonyl (C=O) groups is 2. The highest BCUT2D eigenvalue weighted by Crippen LogP contribution is 2.09. The average molecular weight is 252 g/mol. The Morgan fingerprint density at radius 1 is 1.33 bits per heavy atom. The number of primary amides is 1. The van der Waals surface area contributed by atoms with Crippen molar-refractivity contribution in [3.8, 4) is 0 Å². The summed E-state index contributed by atoms with van der Waals surface area (Å²) in [6.45, 7) is 2.08. The molecule has 0 aliphatic heterocycles. The van der Waals surface area contributed by atoms with E-state index in [-0.39, 0.29) is 17.6 Å². The van der Waals surface area contributed by atoms with Crippen molar-refractivity contribution in [3.63, 3.8) is 0 Å². The molecule has 98 valence electrons. The van der Waals surface area contributed by atoms with E-state index in [1.54, 1.807) is 6.92 Å². The number of rotatable bonds is 6. The molecule has 0 bridgehead atoms. The van der Waals surface area contributed by atoms with Gasteiger partial charge in [0.2, 0.25) is 5.91 Å². The maximum absolute atomic E-state index is 13.0. The number of unbranched alkanes of at least 4 members (excludes halogenated alkanes) is 1. The van der Waals surface area contributed by atoms with E-state index in [0.717, 1.165) is 0 Å². The molecule has 5 heteroatoms. The number of amides is 2. The minimum Gasteiger partial charge on any atom is -0.370 e. The van der Waals surface area contributed by atoms with Gasteiger partial charge in [-0.15, -0.1) is 0 Å². The van der Waals surface area contributed by atoms with Gasteiger partial charge in [0.25, 0.3) is 5.91 Å². The molecule has 1 aromatic rings. The van der Waals surface area contributed by atoms with Crippen molar-refractivity contribution in [2.75, 3.05) is 6.54 Å². The molecule has 0 aromatic heterocycles. The largest absolute Gasteiger partial charge is 0.370 e. The van der Waals surface area contributed by atoms with Gasteiger partial charge in [0.15, 0.2) is 0 Å². The van der Waals surface area contributed by atoms with E-state index in [0.29, 0.717) is 36.9 Å². The summed E-state index contributed by atoms with van der Waals surface area (Å²) in [7, 11) is 0. The Hall–Kier alpha value is -1.91. The second-order valence-corrected chi connectivity index (χ2v) is 4.14. The highest BCUT2D eigenvalue weighted by Gasteiger charge is 2.06. The van der Waals surface area contributed by atoms with Crippen LogP contribution in [-0.2, 0) is 4.79 Å². The summed E-state index contributed by atoms with van der Waals surface area (Å²) >= 11 is 0. The second-order valence-electron chi connectivity index (χ2n) is 4.14. The maximum atomic E-state index is 13.0. The number of hydrogen-bond acceptors (Lipinski definition) is 2. The van der Waals surface area contributed by atoms with E-state index in [1.165, 1.54) is 18.2 Å². The molecule has 3 N–H and O–H groups in total. The molecule has 0 atom stereocenters. The predicted molar refractivity (Wildman–Crippen MR) is 66.5 cm³/mol. The summed E-state index contributed by atoms with van der Waals surface area (Å²) in [5.41, 5.74) is 5.87. The molecule has 0 aliphatic carbocycles. The van der Waals surface area contributed by atoms with Crippen LogP contribution in [0.1, 0.15) is 35.2 Å². The van der Waals surface area contributed by atoms with E-state index in [1.807, 2.05) is 0 Å². The molecule has 2 amide bonds. The predicted octanol–water partition coefficient (Wildman–Crippen LogP) is 1.52. The van der Waals surface area contributed by atoms with Crippen molar-refractivity contribution in [1.82, 2.24) is 5.32 Å². The van der Waals surface area contributed by atoms with Crippen LogP contribution in [-0.4, -0.2) is 18.4 Å². The van der Waals surface area contributed by atoms with Crippen molar-refractivity contribution >= 4 is 11.8 Å². The molecule has 0 fully saturated rings. The van der Waals surface area contributed by atoms with Gasteiger partial charge in [0, 0.05) is 18.5 Å². The van der Waals surface area contributed by atoms with Gasteiger partial charge in [-0.1, -0.05) is 0 Å². The maximum Gasteiger partial charge on any atom is 0.251 e. The molecule has 0 aliphatic rings. The fourth-order valence-corrected chi connectivity index (χ4v) is 1.51. The summed E-state index contributed by atoms with van der Waals surface area (Å²) in [5, 5.41) is 2.71. The summed E-state index contributed by atoms with van der Waals surface area (Å²) < 4.78 is 13.0. The van der Waals surface area contributed by atoms with Crippen LogP contribution in [0.4, 0.5) is 4.39 Å². The zero-order valence-electron chi connectivity index (χ0n) is 10.3. The quantitative estimate of drug-likeness (QED) is 0.753. The SMILES string of the molecule is Cc1cc(C(=O)NCCCCC(N)=O)ccc1F. The van der Waals surface area contributed by atoms with Gasteiger partial charge < -0.3 is 11.1 Å². The first-order chi connectivity index (χ1) is 8.50. The molecular formula is C13H17FN2O2. The van der Waals surface area contributed by atoms with Crippen LogP contribution < -0.4 is 11.1 Å². The van der Waals surface area contributed by atoms with E-state index < -0.39 is 0 Å². The van der Waals surface area contributed by atoms with Gasteiger partial charge in [0.1, 0.15) is 5.82 Å². The number of benzene rings is 1. The van der Waals surface area contributed by atoms with Gasteiger partial charge in [-0.3, -0.25) is 9.59 Å². The first-order valence-electron chi connectivity index (χ1n) is 5.83. The lowest BCUT2D eigenvalue weighted by atomic mass is 10.1. The van der Waals surface area contributed by atoms with Crippen molar-refractivity contribution in [1.29, 1.82) is 0 Å². The normalized spacial score (nSPS) is 10.1. The van der Waals surface area contributed by atoms with Crippen LogP contribution in [0.2, 0.25) is 0 Å². The van der Waals surface area contributed by atoms with Crippen LogP contribution in [0.25, 0.3) is 0 Å². The Bertz CT molecular complexity index is 447. The van der Waals surface area contributed by atoms with Gasteiger partial charge in [0.05, 0.1) is 0 Å². The molecular weight excluding hydrogens is 235 g/mol. The van der Waals surface area contributed by atoms with Crippen LogP contribution in [0.5, 0.6) is 0 Å². The lowest BCUT2D eigenvalue weighted by Gasteiger charge is -2.05. The number of halogens is 1. The third kappa shape index (κ3) is 4.53. The molecule has 1 aromatic carbocycles. The first kappa shape index (κ1) is 14.2. The fourth-order valence-electron chi connectivity index (χ4n) is 1.51. The van der Waals surface area contributed by atoms with Crippen LogP contribution >= 0.6 is 0 Å². The standard InChI is InChI=1S/C13H17FN2O2/c1-9-8-10(5-6-11(9)14)13(18)16-7-3-2-4-12(15)17/h5-6,8H,2-4,7H2,1H3,(H2,15,17)(H,16,18). The van der Waals surface area contributed by atoms with Crippen molar-refractivity contribution in [3.05, 3.63) is 35.1 Å². The fraction of sp³-hybridized carbons (Fsp3) is 0.385. The second kappa shape index (κ2) is 6.74. The Labute approximate surface area is 105 Å². The average Bonchev–Trinajstić information content (AvgIpc) is 2.31. The number of nitrogens with one attached hydrogen (secondary N) is 1. The molecule has 0 heterocycles. The van der Waals surface area contributed by atoms with Crippen molar-refractivity contribution < 1.29 is 14.0 Å². The Morgan fingerprint density at radius 2 is 2.06 bits per heavy atom. The lowest BCUT2D eigenvalue weighted by molar-refractivity contribution is -0.118. The minimum absolute atomic E-state index is 0.239. The van der Waals surface area contributed by atoms with Crippen molar-refractivity contribution in [2.24, 2.45) is 5.73 Å². The molecule has 0 unspecified atom stereocenters. The lowest BCUT2D eigenvalue weighted by Crippen LogP contribution is -2.24. The topological polar surface area (TPSA) is 72.2 Å². The van der Waals surface area contributed by atoms with Crippen LogP contribution in [0.3, 0.4) is 0 Å². The number of carbonyl (C=O) groups excluding carboxylic acids is 2. The minimum atomic E-state index is -0.338. The van der Waals surface area contributed by atoms with Gasteiger partial charge in [-0.2, -0.15) is 0 Å². The molecule has 18 heavy (non-hydrogen) atoms. The summed E-state index contributed by atoms with van der Waals surface area (Å²) in [4.78, 5) is 22.2. The van der Waals surface area contributed by atoms with E-state index in [4.69, 9.17) is 5.73 Å². The number of aryl methyl sites for hydroxylation is 1. The monoisotopic (exact) mass is 252 g/mol. The van der Waals surface area contributed by atoms with Crippen LogP contribution in [0.15, 0.2) is 18.2 Å². The van der Waals surface area contributed by atoms with Gasteiger partial charge in [-0.05, 0) is 43.5 Å². The van der Waals surface area contributed by atoms with E-state index >= 15 is 0 Å². The molecule has 0 radical (unpaired) electrons.